The van der Waals surface area contributed by atoms with Crippen LogP contribution in [0.5, 0.6) is 0 Å². The van der Waals surface area contributed by atoms with Crippen LogP contribution in [0.25, 0.3) is 22.3 Å². The summed E-state index contributed by atoms with van der Waals surface area (Å²) >= 11 is 0. The fourth-order valence-corrected chi connectivity index (χ4v) is 4.57. The highest BCUT2D eigenvalue weighted by Gasteiger charge is 2.17. The van der Waals surface area contributed by atoms with Crippen LogP contribution in [0.3, 0.4) is 0 Å². The quantitative estimate of drug-likeness (QED) is 0.314. The van der Waals surface area contributed by atoms with E-state index in [0.29, 0.717) is 11.1 Å². The molecule has 0 bridgehead atoms. The second-order valence-electron chi connectivity index (χ2n) is 9.08. The van der Waals surface area contributed by atoms with Gasteiger partial charge in [0.15, 0.2) is 11.6 Å². The Kier molecular flexibility index (Phi) is 7.72. The molecule has 1 atom stereocenters. The average Bonchev–Trinajstić information content (AvgIpc) is 2.86. The number of hydrogen-bond donors (Lipinski definition) is 0. The van der Waals surface area contributed by atoms with Gasteiger partial charge in [-0.15, -0.1) is 0 Å². The van der Waals surface area contributed by atoms with Gasteiger partial charge >= 0.3 is 0 Å². The Morgan fingerprint density at radius 3 is 1.68 bits per heavy atom. The van der Waals surface area contributed by atoms with Gasteiger partial charge in [0, 0.05) is 17.0 Å². The third kappa shape index (κ3) is 5.35. The van der Waals surface area contributed by atoms with Crippen LogP contribution in [0.15, 0.2) is 84.2 Å². The highest BCUT2D eigenvalue weighted by atomic mass is 19.2. The van der Waals surface area contributed by atoms with Crippen molar-refractivity contribution in [2.75, 3.05) is 0 Å². The molecule has 3 aromatic rings. The molecule has 0 saturated heterocycles. The molecule has 1 aliphatic carbocycles. The number of halogens is 3. The van der Waals surface area contributed by atoms with Gasteiger partial charge in [-0.25, -0.2) is 13.2 Å². The topological polar surface area (TPSA) is 0 Å². The molecule has 0 unspecified atom stereocenters. The highest BCUT2D eigenvalue weighted by Crippen LogP contribution is 2.33. The summed E-state index contributed by atoms with van der Waals surface area (Å²) in [4.78, 5) is 0. The second kappa shape index (κ2) is 10.9. The maximum atomic E-state index is 15.0. The van der Waals surface area contributed by atoms with Crippen molar-refractivity contribution in [1.29, 1.82) is 0 Å². The van der Waals surface area contributed by atoms with Crippen molar-refractivity contribution in [3.05, 3.63) is 107 Å². The van der Waals surface area contributed by atoms with E-state index in [9.17, 15) is 13.2 Å². The molecule has 3 aromatic carbocycles. The largest absolute Gasteiger partial charge is 0.212 e. The van der Waals surface area contributed by atoms with Crippen molar-refractivity contribution in [3.63, 3.8) is 0 Å². The summed E-state index contributed by atoms with van der Waals surface area (Å²) in [7, 11) is 0. The predicted octanol–water partition coefficient (Wildman–Crippen LogP) is 9.39. The molecule has 0 fully saturated rings. The SMILES string of the molecule is CCCc1ccc(-c2ccc(-c3ccc(CCC4=CC[C@H](CC)C(F)=C4)cc3)c(F)c2F)cc1. The van der Waals surface area contributed by atoms with E-state index in [1.54, 1.807) is 18.2 Å². The molecule has 0 nitrogen and oxygen atoms in total. The first-order chi connectivity index (χ1) is 16.5. The van der Waals surface area contributed by atoms with E-state index >= 15 is 0 Å². The average molecular weight is 461 g/mol. The van der Waals surface area contributed by atoms with Gasteiger partial charge in [0.25, 0.3) is 0 Å². The van der Waals surface area contributed by atoms with Crippen molar-refractivity contribution < 1.29 is 13.2 Å². The Morgan fingerprint density at radius 1 is 0.676 bits per heavy atom. The fourth-order valence-electron chi connectivity index (χ4n) is 4.57. The molecular formula is C31H31F3. The van der Waals surface area contributed by atoms with Gasteiger partial charge in [-0.2, -0.15) is 0 Å². The van der Waals surface area contributed by atoms with Crippen LogP contribution >= 0.6 is 0 Å². The summed E-state index contributed by atoms with van der Waals surface area (Å²) < 4.78 is 44.0. The second-order valence-corrected chi connectivity index (χ2v) is 9.08. The van der Waals surface area contributed by atoms with Crippen molar-refractivity contribution in [3.8, 4) is 22.3 Å². The number of hydrogen-bond acceptors (Lipinski definition) is 0. The van der Waals surface area contributed by atoms with Gasteiger partial charge in [-0.3, -0.25) is 0 Å². The first-order valence-electron chi connectivity index (χ1n) is 12.2. The van der Waals surface area contributed by atoms with Gasteiger partial charge in [0.05, 0.1) is 0 Å². The minimum absolute atomic E-state index is 0.0186. The Balaban J connectivity index is 1.46. The van der Waals surface area contributed by atoms with Crippen LogP contribution in [-0.4, -0.2) is 0 Å². The zero-order valence-electron chi connectivity index (χ0n) is 19.9. The lowest BCUT2D eigenvalue weighted by Crippen LogP contribution is -2.04. The molecule has 0 aromatic heterocycles. The lowest BCUT2D eigenvalue weighted by atomic mass is 9.91. The Hall–Kier alpha value is -3.07. The number of aryl methyl sites for hydroxylation is 2. The molecule has 0 amide bonds. The molecule has 0 radical (unpaired) electrons. The Morgan fingerprint density at radius 2 is 1.21 bits per heavy atom. The summed E-state index contributed by atoms with van der Waals surface area (Å²) in [6.45, 7) is 4.12. The summed E-state index contributed by atoms with van der Waals surface area (Å²) in [5, 5.41) is 0. The van der Waals surface area contributed by atoms with E-state index in [4.69, 9.17) is 0 Å². The van der Waals surface area contributed by atoms with Gasteiger partial charge in [0.2, 0.25) is 0 Å². The third-order valence-electron chi connectivity index (χ3n) is 6.72. The van der Waals surface area contributed by atoms with E-state index in [-0.39, 0.29) is 22.9 Å². The fraction of sp³-hybridized carbons (Fsp3) is 0.290. The third-order valence-corrected chi connectivity index (χ3v) is 6.72. The zero-order valence-corrected chi connectivity index (χ0v) is 19.9. The summed E-state index contributed by atoms with van der Waals surface area (Å²) in [6, 6.07) is 18.5. The van der Waals surface area contributed by atoms with Gasteiger partial charge in [-0.1, -0.05) is 87.0 Å². The number of allylic oxidation sites excluding steroid dienone is 4. The Bertz CT molecular complexity index is 1180. The molecule has 3 heteroatoms. The monoisotopic (exact) mass is 460 g/mol. The van der Waals surface area contributed by atoms with Gasteiger partial charge in [0.1, 0.15) is 5.83 Å². The molecule has 176 valence electrons. The molecule has 0 saturated carbocycles. The maximum Gasteiger partial charge on any atom is 0.167 e. The summed E-state index contributed by atoms with van der Waals surface area (Å²) in [5.74, 6) is -1.66. The standard InChI is InChI=1S/C31H31F3/c1-3-5-21-8-14-25(15-9-21)27-18-19-28(31(34)30(27)33)26-16-10-22(11-17-26)6-7-23-12-13-24(4-2)29(32)20-23/h8-12,14-20,24H,3-7,13H2,1-2H3/t24-/m0/s1. The van der Waals surface area contributed by atoms with Crippen LogP contribution in [0.1, 0.15) is 50.7 Å². The van der Waals surface area contributed by atoms with Crippen LogP contribution < -0.4 is 0 Å². The zero-order chi connectivity index (χ0) is 24.1. The van der Waals surface area contributed by atoms with Crippen LogP contribution in [0.4, 0.5) is 13.2 Å². The Labute approximate surface area is 200 Å². The van der Waals surface area contributed by atoms with Crippen molar-refractivity contribution in [2.24, 2.45) is 5.92 Å². The normalized spacial score (nSPS) is 15.7. The first-order valence-corrected chi connectivity index (χ1v) is 12.2. The molecule has 0 N–H and O–H groups in total. The van der Waals surface area contributed by atoms with E-state index in [0.717, 1.165) is 49.7 Å². The molecule has 0 heterocycles. The first kappa shape index (κ1) is 24.1. The van der Waals surface area contributed by atoms with Crippen LogP contribution in [0, 0.1) is 17.6 Å². The maximum absolute atomic E-state index is 15.0. The lowest BCUT2D eigenvalue weighted by Gasteiger charge is -2.17. The minimum Gasteiger partial charge on any atom is -0.212 e. The van der Waals surface area contributed by atoms with E-state index in [1.165, 1.54) is 5.56 Å². The summed E-state index contributed by atoms with van der Waals surface area (Å²) in [5.41, 5.74) is 5.13. The summed E-state index contributed by atoms with van der Waals surface area (Å²) in [6.07, 6.45) is 8.92. The lowest BCUT2D eigenvalue weighted by molar-refractivity contribution is 0.449. The molecule has 4 rings (SSSR count). The van der Waals surface area contributed by atoms with Crippen LogP contribution in [0.2, 0.25) is 0 Å². The molecule has 34 heavy (non-hydrogen) atoms. The number of benzene rings is 3. The number of rotatable bonds is 8. The highest BCUT2D eigenvalue weighted by molar-refractivity contribution is 5.72. The van der Waals surface area contributed by atoms with Gasteiger partial charge in [-0.05, 0) is 66.0 Å². The van der Waals surface area contributed by atoms with E-state index in [1.807, 2.05) is 55.5 Å². The van der Waals surface area contributed by atoms with Crippen molar-refractivity contribution in [2.45, 2.75) is 52.4 Å². The van der Waals surface area contributed by atoms with E-state index < -0.39 is 11.6 Å². The molecule has 1 aliphatic rings. The smallest absolute Gasteiger partial charge is 0.167 e. The van der Waals surface area contributed by atoms with Crippen molar-refractivity contribution >= 4 is 0 Å². The predicted molar refractivity (Wildman–Crippen MR) is 135 cm³/mol. The molecular weight excluding hydrogens is 429 g/mol. The molecule has 0 spiro atoms. The van der Waals surface area contributed by atoms with Crippen LogP contribution in [-0.2, 0) is 12.8 Å². The van der Waals surface area contributed by atoms with Gasteiger partial charge < -0.3 is 0 Å². The molecule has 0 aliphatic heterocycles. The van der Waals surface area contributed by atoms with Crippen molar-refractivity contribution in [1.82, 2.24) is 0 Å². The minimum atomic E-state index is -0.832. The van der Waals surface area contributed by atoms with E-state index in [2.05, 4.69) is 13.0 Å².